The monoisotopic (exact) mass is 345 g/mol. The van der Waals surface area contributed by atoms with Gasteiger partial charge in [-0.25, -0.2) is 0 Å². The van der Waals surface area contributed by atoms with Crippen molar-refractivity contribution in [3.8, 4) is 5.75 Å². The van der Waals surface area contributed by atoms with E-state index in [1.807, 2.05) is 19.1 Å². The first kappa shape index (κ1) is 18.5. The summed E-state index contributed by atoms with van der Waals surface area (Å²) in [4.78, 5) is 2.78. The SMILES string of the molecule is COc1ccc(C)c(CNC(=S)/C=C(/C)C(=N)N2CCCC2)c1C. The van der Waals surface area contributed by atoms with E-state index in [9.17, 15) is 0 Å². The number of amidine groups is 1. The molecule has 1 aromatic rings. The highest BCUT2D eigenvalue weighted by atomic mass is 32.1. The van der Waals surface area contributed by atoms with Gasteiger partial charge in [0.25, 0.3) is 0 Å². The third-order valence-electron chi connectivity index (χ3n) is 4.59. The fourth-order valence-electron chi connectivity index (χ4n) is 3.05. The van der Waals surface area contributed by atoms with Crippen LogP contribution in [0.2, 0.25) is 0 Å². The van der Waals surface area contributed by atoms with Gasteiger partial charge in [0, 0.05) is 19.6 Å². The Morgan fingerprint density at radius 1 is 1.33 bits per heavy atom. The fraction of sp³-hybridized carbons (Fsp3) is 0.474. The minimum Gasteiger partial charge on any atom is -0.496 e. The van der Waals surface area contributed by atoms with Gasteiger partial charge in [0.15, 0.2) is 0 Å². The Labute approximate surface area is 150 Å². The lowest BCUT2D eigenvalue weighted by molar-refractivity contribution is 0.411. The topological polar surface area (TPSA) is 48.4 Å². The largest absolute Gasteiger partial charge is 0.496 e. The van der Waals surface area contributed by atoms with Gasteiger partial charge in [-0.2, -0.15) is 0 Å². The molecule has 1 aliphatic heterocycles. The Morgan fingerprint density at radius 2 is 2.00 bits per heavy atom. The Balaban J connectivity index is 2.00. The maximum absolute atomic E-state index is 8.26. The third-order valence-corrected chi connectivity index (χ3v) is 4.85. The molecule has 0 atom stereocenters. The molecule has 1 saturated heterocycles. The van der Waals surface area contributed by atoms with Gasteiger partial charge in [0.1, 0.15) is 11.6 Å². The Kier molecular flexibility index (Phi) is 6.37. The molecule has 4 nitrogen and oxygen atoms in total. The van der Waals surface area contributed by atoms with E-state index in [2.05, 4.69) is 30.1 Å². The maximum Gasteiger partial charge on any atom is 0.123 e. The second-order valence-corrected chi connectivity index (χ2v) is 6.72. The Bertz CT molecular complexity index is 661. The van der Waals surface area contributed by atoms with Gasteiger partial charge in [-0.1, -0.05) is 18.3 Å². The van der Waals surface area contributed by atoms with Crippen LogP contribution in [-0.4, -0.2) is 35.9 Å². The number of nitrogens with one attached hydrogen (secondary N) is 2. The van der Waals surface area contributed by atoms with Crippen molar-refractivity contribution in [2.75, 3.05) is 20.2 Å². The van der Waals surface area contributed by atoms with Gasteiger partial charge in [-0.05, 0) is 68.0 Å². The molecule has 2 rings (SSSR count). The minimum absolute atomic E-state index is 0.588. The first-order valence-electron chi connectivity index (χ1n) is 8.37. The van der Waals surface area contributed by atoms with Crippen molar-refractivity contribution >= 4 is 23.0 Å². The second-order valence-electron chi connectivity index (χ2n) is 6.28. The van der Waals surface area contributed by atoms with Crippen LogP contribution in [0.1, 0.15) is 36.5 Å². The fourth-order valence-corrected chi connectivity index (χ4v) is 3.29. The lowest BCUT2D eigenvalue weighted by Gasteiger charge is -2.19. The first-order valence-corrected chi connectivity index (χ1v) is 8.78. The number of likely N-dealkylation sites (tertiary alicyclic amines) is 1. The summed E-state index contributed by atoms with van der Waals surface area (Å²) in [5.41, 5.74) is 4.47. The van der Waals surface area contributed by atoms with Crippen molar-refractivity contribution in [2.45, 2.75) is 40.2 Å². The molecule has 0 radical (unpaired) electrons. The average molecular weight is 346 g/mol. The summed E-state index contributed by atoms with van der Waals surface area (Å²) >= 11 is 5.44. The summed E-state index contributed by atoms with van der Waals surface area (Å²) in [6.07, 6.45) is 4.24. The van der Waals surface area contributed by atoms with E-state index in [1.54, 1.807) is 7.11 Å². The predicted octanol–water partition coefficient (Wildman–Crippen LogP) is 3.75. The zero-order valence-electron chi connectivity index (χ0n) is 15.0. The van der Waals surface area contributed by atoms with Crippen LogP contribution in [0.4, 0.5) is 0 Å². The lowest BCUT2D eigenvalue weighted by atomic mass is 10.0. The van der Waals surface area contributed by atoms with Crippen LogP contribution >= 0.6 is 12.2 Å². The van der Waals surface area contributed by atoms with E-state index in [1.165, 1.54) is 24.0 Å². The smallest absolute Gasteiger partial charge is 0.123 e. The molecule has 1 fully saturated rings. The molecular weight excluding hydrogens is 318 g/mol. The van der Waals surface area contributed by atoms with Crippen LogP contribution in [0.15, 0.2) is 23.8 Å². The summed E-state index contributed by atoms with van der Waals surface area (Å²) in [6, 6.07) is 4.06. The molecule has 2 N–H and O–H groups in total. The number of hydrogen-bond acceptors (Lipinski definition) is 3. The van der Waals surface area contributed by atoms with E-state index in [4.69, 9.17) is 22.4 Å². The highest BCUT2D eigenvalue weighted by molar-refractivity contribution is 7.80. The van der Waals surface area contributed by atoms with Crippen LogP contribution in [-0.2, 0) is 6.54 Å². The third kappa shape index (κ3) is 4.35. The highest BCUT2D eigenvalue weighted by Gasteiger charge is 2.16. The van der Waals surface area contributed by atoms with Crippen LogP contribution in [0.5, 0.6) is 5.75 Å². The molecule has 0 spiro atoms. The Morgan fingerprint density at radius 3 is 2.62 bits per heavy atom. The van der Waals surface area contributed by atoms with E-state index in [0.717, 1.165) is 30.0 Å². The molecule has 130 valence electrons. The number of benzene rings is 1. The summed E-state index contributed by atoms with van der Waals surface area (Å²) in [7, 11) is 1.69. The lowest BCUT2D eigenvalue weighted by Crippen LogP contribution is -2.29. The molecule has 24 heavy (non-hydrogen) atoms. The average Bonchev–Trinajstić information content (AvgIpc) is 3.08. The summed E-state index contributed by atoms with van der Waals surface area (Å²) in [6.45, 7) is 8.73. The first-order chi connectivity index (χ1) is 11.4. The second kappa shape index (κ2) is 8.29. The minimum atomic E-state index is 0.588. The number of aryl methyl sites for hydroxylation is 1. The van der Waals surface area contributed by atoms with Crippen molar-refractivity contribution in [2.24, 2.45) is 0 Å². The number of ether oxygens (including phenoxy) is 1. The van der Waals surface area contributed by atoms with Crippen LogP contribution in [0.25, 0.3) is 0 Å². The van der Waals surface area contributed by atoms with Crippen molar-refractivity contribution in [3.05, 3.63) is 40.5 Å². The molecule has 0 unspecified atom stereocenters. The van der Waals surface area contributed by atoms with Gasteiger partial charge in [-0.15, -0.1) is 0 Å². The van der Waals surface area contributed by atoms with Gasteiger partial charge in [-0.3, -0.25) is 5.41 Å². The molecule has 1 aliphatic rings. The van der Waals surface area contributed by atoms with Crippen LogP contribution < -0.4 is 10.1 Å². The van der Waals surface area contributed by atoms with Crippen LogP contribution in [0, 0.1) is 19.3 Å². The van der Waals surface area contributed by atoms with Crippen LogP contribution in [0.3, 0.4) is 0 Å². The molecule has 0 amide bonds. The van der Waals surface area contributed by atoms with Crippen molar-refractivity contribution in [1.29, 1.82) is 5.41 Å². The van der Waals surface area contributed by atoms with Gasteiger partial charge in [0.2, 0.25) is 0 Å². The normalized spacial score (nSPS) is 14.7. The molecule has 1 heterocycles. The molecule has 5 heteroatoms. The predicted molar refractivity (Wildman–Crippen MR) is 104 cm³/mol. The number of thiocarbonyl (C=S) groups is 1. The van der Waals surface area contributed by atoms with Crippen molar-refractivity contribution < 1.29 is 4.74 Å². The standard InChI is InChI=1S/C19H27N3OS/c1-13-7-8-17(23-4)15(3)16(13)12-21-18(24)11-14(2)19(20)22-9-5-6-10-22/h7-8,11,20H,5-6,9-10,12H2,1-4H3,(H,21,24)/b14-11-,20-19?. The van der Waals surface area contributed by atoms with Gasteiger partial charge < -0.3 is 15.0 Å². The Hall–Kier alpha value is -1.88. The summed E-state index contributed by atoms with van der Waals surface area (Å²) < 4.78 is 5.39. The number of nitrogens with zero attached hydrogens (tertiary/aromatic N) is 1. The molecule has 0 saturated carbocycles. The highest BCUT2D eigenvalue weighted by Crippen LogP contribution is 2.24. The molecule has 0 aromatic heterocycles. The zero-order chi connectivity index (χ0) is 17.7. The van der Waals surface area contributed by atoms with Gasteiger partial charge in [0.05, 0.1) is 12.1 Å². The molecular formula is C19H27N3OS. The van der Waals surface area contributed by atoms with Crippen molar-refractivity contribution in [1.82, 2.24) is 10.2 Å². The maximum atomic E-state index is 8.26. The zero-order valence-corrected chi connectivity index (χ0v) is 15.8. The number of rotatable bonds is 5. The van der Waals surface area contributed by atoms with E-state index in [0.29, 0.717) is 17.4 Å². The number of hydrogen-bond donors (Lipinski definition) is 2. The molecule has 0 bridgehead atoms. The van der Waals surface area contributed by atoms with E-state index < -0.39 is 0 Å². The van der Waals surface area contributed by atoms with E-state index >= 15 is 0 Å². The van der Waals surface area contributed by atoms with Gasteiger partial charge >= 0.3 is 0 Å². The van der Waals surface area contributed by atoms with Crippen molar-refractivity contribution in [3.63, 3.8) is 0 Å². The molecule has 1 aromatic carbocycles. The molecule has 0 aliphatic carbocycles. The van der Waals surface area contributed by atoms with E-state index in [-0.39, 0.29) is 0 Å². The summed E-state index contributed by atoms with van der Waals surface area (Å²) in [5.74, 6) is 1.48. The number of methoxy groups -OCH3 is 1. The quantitative estimate of drug-likeness (QED) is 0.369. The summed E-state index contributed by atoms with van der Waals surface area (Å²) in [5, 5.41) is 11.5.